The van der Waals surface area contributed by atoms with E-state index in [2.05, 4.69) is 0 Å². The number of hydrogen-bond donors (Lipinski definition) is 4. The maximum absolute atomic E-state index is 9.63. The van der Waals surface area contributed by atoms with Crippen LogP contribution in [-0.4, -0.2) is 77.1 Å². The highest BCUT2D eigenvalue weighted by Gasteiger charge is 2.44. The molecule has 0 aromatic heterocycles. The van der Waals surface area contributed by atoms with E-state index in [4.69, 9.17) is 19.3 Å². The van der Waals surface area contributed by atoms with E-state index in [-0.39, 0.29) is 6.10 Å². The first-order chi connectivity index (χ1) is 8.13. The Hall–Kier alpha value is -0.280. The smallest absolute Gasteiger partial charge is 0.186 e. The quantitative estimate of drug-likeness (QED) is 0.402. The third-order valence-corrected chi connectivity index (χ3v) is 2.97. The van der Waals surface area contributed by atoms with Crippen LogP contribution in [-0.2, 0) is 14.2 Å². The van der Waals surface area contributed by atoms with Gasteiger partial charge in [-0.25, -0.2) is 0 Å². The molecule has 6 atom stereocenters. The summed E-state index contributed by atoms with van der Waals surface area (Å²) >= 11 is 0. The van der Waals surface area contributed by atoms with Crippen molar-refractivity contribution in [2.45, 2.75) is 43.2 Å². The summed E-state index contributed by atoms with van der Waals surface area (Å²) in [6.45, 7) is 0.599. The lowest BCUT2D eigenvalue weighted by Gasteiger charge is -2.39. The molecule has 0 saturated carbocycles. The van der Waals surface area contributed by atoms with E-state index >= 15 is 0 Å². The summed E-state index contributed by atoms with van der Waals surface area (Å²) in [5.41, 5.74) is 0. The van der Waals surface area contributed by atoms with Crippen LogP contribution in [0.5, 0.6) is 0 Å². The van der Waals surface area contributed by atoms with E-state index in [0.717, 1.165) is 6.61 Å². The Morgan fingerprint density at radius 2 is 1.82 bits per heavy atom. The van der Waals surface area contributed by atoms with Crippen LogP contribution in [0.15, 0.2) is 0 Å². The lowest BCUT2D eigenvalue weighted by molar-refractivity contribution is -0.301. The summed E-state index contributed by atoms with van der Waals surface area (Å²) in [7, 11) is 0. The molecule has 2 saturated heterocycles. The predicted octanol–water partition coefficient (Wildman–Crippen LogP) is -2.41. The van der Waals surface area contributed by atoms with E-state index in [1.165, 1.54) is 0 Å². The summed E-state index contributed by atoms with van der Waals surface area (Å²) in [5.74, 6) is 0. The van der Waals surface area contributed by atoms with Crippen LogP contribution >= 0.6 is 0 Å². The van der Waals surface area contributed by atoms with Crippen molar-refractivity contribution in [3.05, 3.63) is 0 Å². The van der Waals surface area contributed by atoms with Crippen molar-refractivity contribution < 1.29 is 34.6 Å². The first-order valence-electron chi connectivity index (χ1n) is 5.67. The average Bonchev–Trinajstić information content (AvgIpc) is 3.13. The van der Waals surface area contributed by atoms with Crippen LogP contribution < -0.4 is 0 Å². The number of aliphatic hydroxyl groups is 4. The minimum atomic E-state index is -1.39. The third kappa shape index (κ3) is 3.14. The molecule has 0 bridgehead atoms. The summed E-state index contributed by atoms with van der Waals surface area (Å²) in [6.07, 6.45) is -5.12. The van der Waals surface area contributed by atoms with Crippen LogP contribution in [0.2, 0.25) is 0 Å². The molecule has 17 heavy (non-hydrogen) atoms. The standard InChI is InChI=1S/C10H18O7/c11-3-6-7(12)8(13)9(14)10(17-6)15-2-1-5-4-16-5/h5-14H,1-4H2/t5?,6-,7-,8+,9-,10+/m1/s1. The number of ether oxygens (including phenoxy) is 3. The molecule has 0 radical (unpaired) electrons. The van der Waals surface area contributed by atoms with Crippen molar-refractivity contribution in [2.24, 2.45) is 0 Å². The zero-order valence-corrected chi connectivity index (χ0v) is 9.31. The zero-order valence-electron chi connectivity index (χ0n) is 9.31. The molecule has 4 N–H and O–H groups in total. The highest BCUT2D eigenvalue weighted by Crippen LogP contribution is 2.22. The minimum absolute atomic E-state index is 0.208. The van der Waals surface area contributed by atoms with Crippen molar-refractivity contribution in [1.29, 1.82) is 0 Å². The molecule has 2 rings (SSSR count). The Morgan fingerprint density at radius 1 is 1.12 bits per heavy atom. The van der Waals surface area contributed by atoms with Gasteiger partial charge in [0.05, 0.1) is 25.9 Å². The molecule has 100 valence electrons. The predicted molar refractivity (Wildman–Crippen MR) is 54.1 cm³/mol. The van der Waals surface area contributed by atoms with Crippen LogP contribution in [0.1, 0.15) is 6.42 Å². The highest BCUT2D eigenvalue weighted by atomic mass is 16.7. The van der Waals surface area contributed by atoms with Crippen LogP contribution in [0, 0.1) is 0 Å². The van der Waals surface area contributed by atoms with Crippen LogP contribution in [0.25, 0.3) is 0 Å². The fourth-order valence-corrected chi connectivity index (χ4v) is 1.76. The molecule has 0 amide bonds. The SMILES string of the molecule is OC[C@H]1O[C@H](OCCC2CO2)[C@H](O)[C@@H](O)[C@@H]1O. The second-order valence-electron chi connectivity index (χ2n) is 4.31. The fraction of sp³-hybridized carbons (Fsp3) is 1.00. The third-order valence-electron chi connectivity index (χ3n) is 2.97. The molecule has 7 nitrogen and oxygen atoms in total. The summed E-state index contributed by atoms with van der Waals surface area (Å²) in [6, 6.07) is 0. The molecule has 7 heteroatoms. The Kier molecular flexibility index (Phi) is 4.31. The molecule has 2 aliphatic heterocycles. The van der Waals surface area contributed by atoms with Gasteiger partial charge < -0.3 is 34.6 Å². The van der Waals surface area contributed by atoms with Crippen molar-refractivity contribution in [3.8, 4) is 0 Å². The van der Waals surface area contributed by atoms with Gasteiger partial charge in [0.15, 0.2) is 6.29 Å². The topological polar surface area (TPSA) is 112 Å². The number of rotatable bonds is 5. The highest BCUT2D eigenvalue weighted by molar-refractivity contribution is 4.88. The molecule has 2 fully saturated rings. The van der Waals surface area contributed by atoms with Gasteiger partial charge in [-0.2, -0.15) is 0 Å². The van der Waals surface area contributed by atoms with Crippen molar-refractivity contribution in [1.82, 2.24) is 0 Å². The Bertz CT molecular complexity index is 243. The van der Waals surface area contributed by atoms with E-state index in [1.54, 1.807) is 0 Å². The van der Waals surface area contributed by atoms with E-state index in [9.17, 15) is 15.3 Å². The van der Waals surface area contributed by atoms with Gasteiger partial charge in [0.25, 0.3) is 0 Å². The Labute approximate surface area is 98.5 Å². The minimum Gasteiger partial charge on any atom is -0.394 e. The monoisotopic (exact) mass is 250 g/mol. The molecule has 1 unspecified atom stereocenters. The second kappa shape index (κ2) is 5.57. The largest absolute Gasteiger partial charge is 0.394 e. The average molecular weight is 250 g/mol. The maximum Gasteiger partial charge on any atom is 0.186 e. The molecule has 0 aromatic rings. The van der Waals surface area contributed by atoms with Gasteiger partial charge in [-0.1, -0.05) is 0 Å². The lowest BCUT2D eigenvalue weighted by Crippen LogP contribution is -2.59. The van der Waals surface area contributed by atoms with E-state index < -0.39 is 37.3 Å². The summed E-state index contributed by atoms with van der Waals surface area (Å²) < 4.78 is 15.4. The molecule has 0 aromatic carbocycles. The van der Waals surface area contributed by atoms with Gasteiger partial charge in [-0.3, -0.25) is 0 Å². The normalized spacial score (nSPS) is 45.9. The van der Waals surface area contributed by atoms with Crippen molar-refractivity contribution in [3.63, 3.8) is 0 Å². The molecular formula is C10H18O7. The van der Waals surface area contributed by atoms with Crippen molar-refractivity contribution >= 4 is 0 Å². The first kappa shape index (κ1) is 13.2. The first-order valence-corrected chi connectivity index (χ1v) is 5.67. The van der Waals surface area contributed by atoms with E-state index in [1.807, 2.05) is 0 Å². The maximum atomic E-state index is 9.63. The van der Waals surface area contributed by atoms with Crippen LogP contribution in [0.3, 0.4) is 0 Å². The molecule has 2 aliphatic rings. The summed E-state index contributed by atoms with van der Waals surface area (Å²) in [4.78, 5) is 0. The molecular weight excluding hydrogens is 232 g/mol. The molecule has 2 heterocycles. The van der Waals surface area contributed by atoms with Gasteiger partial charge >= 0.3 is 0 Å². The zero-order chi connectivity index (χ0) is 12.4. The van der Waals surface area contributed by atoms with Gasteiger partial charge in [0.1, 0.15) is 24.4 Å². The van der Waals surface area contributed by atoms with Crippen molar-refractivity contribution in [2.75, 3.05) is 19.8 Å². The van der Waals surface area contributed by atoms with E-state index in [0.29, 0.717) is 13.0 Å². The number of epoxide rings is 1. The molecule has 0 spiro atoms. The van der Waals surface area contributed by atoms with Crippen LogP contribution in [0.4, 0.5) is 0 Å². The lowest BCUT2D eigenvalue weighted by atomic mass is 9.99. The Balaban J connectivity index is 1.81. The fourth-order valence-electron chi connectivity index (χ4n) is 1.76. The van der Waals surface area contributed by atoms with Gasteiger partial charge in [-0.15, -0.1) is 0 Å². The number of aliphatic hydroxyl groups excluding tert-OH is 4. The molecule has 0 aliphatic carbocycles. The Morgan fingerprint density at radius 3 is 2.41 bits per heavy atom. The second-order valence-corrected chi connectivity index (χ2v) is 4.31. The van der Waals surface area contributed by atoms with Gasteiger partial charge in [0, 0.05) is 0 Å². The number of hydrogen-bond acceptors (Lipinski definition) is 7. The van der Waals surface area contributed by atoms with Gasteiger partial charge in [0.2, 0.25) is 0 Å². The summed E-state index contributed by atoms with van der Waals surface area (Å²) in [5, 5.41) is 37.6. The van der Waals surface area contributed by atoms with Gasteiger partial charge in [-0.05, 0) is 6.42 Å².